The van der Waals surface area contributed by atoms with Crippen molar-refractivity contribution in [2.45, 2.75) is 0 Å². The fourth-order valence-electron chi connectivity index (χ4n) is 3.48. The summed E-state index contributed by atoms with van der Waals surface area (Å²) in [7, 11) is 4.03. The summed E-state index contributed by atoms with van der Waals surface area (Å²) in [5.74, 6) is 0. The molecule has 26 heavy (non-hydrogen) atoms. The molecule has 5 rings (SSSR count). The van der Waals surface area contributed by atoms with Crippen LogP contribution in [0.2, 0.25) is 0 Å². The third kappa shape index (κ3) is 2.12. The lowest BCUT2D eigenvalue weighted by Gasteiger charge is -2.03. The summed E-state index contributed by atoms with van der Waals surface area (Å²) in [6.45, 7) is 0. The molecule has 0 spiro atoms. The van der Waals surface area contributed by atoms with E-state index in [0.29, 0.717) is 0 Å². The molecule has 0 unspecified atom stereocenters. The van der Waals surface area contributed by atoms with Crippen LogP contribution in [0, 0.1) is 0 Å². The second-order valence-corrected chi connectivity index (χ2v) is 6.40. The van der Waals surface area contributed by atoms with E-state index in [-0.39, 0.29) is 0 Å². The topological polar surface area (TPSA) is 43.4 Å². The molecule has 0 amide bonds. The van der Waals surface area contributed by atoms with Gasteiger partial charge in [-0.05, 0) is 36.4 Å². The Morgan fingerprint density at radius 3 is 1.69 bits per heavy atom. The summed E-state index contributed by atoms with van der Waals surface area (Å²) in [6, 6.07) is 16.6. The fraction of sp³-hybridized carbons (Fsp3) is 0.100. The van der Waals surface area contributed by atoms with Gasteiger partial charge in [-0.15, -0.1) is 9.97 Å². The summed E-state index contributed by atoms with van der Waals surface area (Å²) < 4.78 is 8.40. The molecule has 5 aromatic rings. The van der Waals surface area contributed by atoms with Gasteiger partial charge in [0.25, 0.3) is 0 Å². The van der Waals surface area contributed by atoms with Gasteiger partial charge < -0.3 is 0 Å². The first kappa shape index (κ1) is 14.8. The molecule has 0 atom stereocenters. The number of aryl methyl sites for hydroxylation is 2. The molecule has 0 aliphatic heterocycles. The predicted molar refractivity (Wildman–Crippen MR) is 98.1 cm³/mol. The normalized spacial score (nSPS) is 11.5. The largest absolute Gasteiger partial charge is 0.301 e. The molecule has 4 heterocycles. The summed E-state index contributed by atoms with van der Waals surface area (Å²) in [6.07, 6.45) is 7.77. The molecule has 0 aliphatic carbocycles. The van der Waals surface area contributed by atoms with E-state index in [1.165, 1.54) is 0 Å². The first-order valence-corrected chi connectivity index (χ1v) is 8.46. The number of nitrogens with zero attached hydrogens (tertiary/aromatic N) is 6. The zero-order chi connectivity index (χ0) is 17.7. The molecular formula is C20H18N6+2. The standard InChI is InChI=1S/C20H18N6/c1-23-13-25(17-8-4-10-21-19(17)23)15-6-3-7-16(12-15)26-14-24(2)20-18(26)9-5-11-22-20/h3-14H,1-2H3/q+2. The maximum Gasteiger partial charge on any atom is 0.301 e. The lowest BCUT2D eigenvalue weighted by atomic mass is 10.2. The lowest BCUT2D eigenvalue weighted by Crippen LogP contribution is -2.26. The Balaban J connectivity index is 1.72. The SMILES string of the molecule is C[n+]1cn(-c2cccc(-n3c[n+](C)c4ncccc43)c2)c2cccnc21. The van der Waals surface area contributed by atoms with Crippen molar-refractivity contribution in [3.8, 4) is 11.4 Å². The van der Waals surface area contributed by atoms with Crippen LogP contribution in [0.4, 0.5) is 0 Å². The smallest absolute Gasteiger partial charge is 0.236 e. The zero-order valence-corrected chi connectivity index (χ0v) is 14.6. The third-order valence-corrected chi connectivity index (χ3v) is 4.68. The Labute approximate surface area is 150 Å². The number of rotatable bonds is 2. The summed E-state index contributed by atoms with van der Waals surface area (Å²) >= 11 is 0. The average Bonchev–Trinajstić information content (AvgIpc) is 3.20. The Morgan fingerprint density at radius 1 is 0.692 bits per heavy atom. The highest BCUT2D eigenvalue weighted by Gasteiger charge is 2.18. The van der Waals surface area contributed by atoms with E-state index in [1.807, 2.05) is 47.8 Å². The Morgan fingerprint density at radius 2 is 1.19 bits per heavy atom. The van der Waals surface area contributed by atoms with Gasteiger partial charge in [0.05, 0.1) is 14.1 Å². The van der Waals surface area contributed by atoms with Crippen LogP contribution in [0.15, 0.2) is 73.6 Å². The molecule has 0 aliphatic rings. The molecule has 0 N–H and O–H groups in total. The highest BCUT2D eigenvalue weighted by atomic mass is 15.2. The van der Waals surface area contributed by atoms with Crippen LogP contribution in [0.3, 0.4) is 0 Å². The maximum absolute atomic E-state index is 4.48. The molecule has 6 nitrogen and oxygen atoms in total. The summed E-state index contributed by atoms with van der Waals surface area (Å²) in [4.78, 5) is 8.95. The Kier molecular flexibility index (Phi) is 3.12. The molecular weight excluding hydrogens is 324 g/mol. The van der Waals surface area contributed by atoms with Gasteiger partial charge in [-0.2, -0.15) is 0 Å². The molecule has 0 radical (unpaired) electrons. The van der Waals surface area contributed by atoms with Gasteiger partial charge in [0.2, 0.25) is 0 Å². The summed E-state index contributed by atoms with van der Waals surface area (Å²) in [5, 5.41) is 0. The van der Waals surface area contributed by atoms with E-state index < -0.39 is 0 Å². The van der Waals surface area contributed by atoms with Gasteiger partial charge in [0.15, 0.2) is 23.7 Å². The highest BCUT2D eigenvalue weighted by Crippen LogP contribution is 2.20. The molecule has 0 saturated heterocycles. The van der Waals surface area contributed by atoms with Gasteiger partial charge in [0, 0.05) is 6.07 Å². The minimum absolute atomic E-state index is 0.958. The van der Waals surface area contributed by atoms with Crippen LogP contribution in [0.25, 0.3) is 33.7 Å². The van der Waals surface area contributed by atoms with E-state index >= 15 is 0 Å². The van der Waals surface area contributed by atoms with Crippen molar-refractivity contribution in [3.05, 3.63) is 73.6 Å². The minimum Gasteiger partial charge on any atom is -0.236 e. The minimum atomic E-state index is 0.958. The van der Waals surface area contributed by atoms with Crippen molar-refractivity contribution < 1.29 is 9.13 Å². The lowest BCUT2D eigenvalue weighted by molar-refractivity contribution is -0.647. The third-order valence-electron chi connectivity index (χ3n) is 4.68. The molecule has 0 saturated carbocycles. The molecule has 1 aromatic carbocycles. The van der Waals surface area contributed by atoms with Crippen molar-refractivity contribution in [3.63, 3.8) is 0 Å². The second-order valence-electron chi connectivity index (χ2n) is 6.40. The van der Waals surface area contributed by atoms with E-state index in [0.717, 1.165) is 33.7 Å². The van der Waals surface area contributed by atoms with Crippen LogP contribution in [-0.4, -0.2) is 19.1 Å². The molecule has 0 fully saturated rings. The van der Waals surface area contributed by atoms with Crippen LogP contribution < -0.4 is 9.13 Å². The van der Waals surface area contributed by atoms with E-state index in [2.05, 4.69) is 68.2 Å². The summed E-state index contributed by atoms with van der Waals surface area (Å²) in [5.41, 5.74) is 6.26. The van der Waals surface area contributed by atoms with Crippen LogP contribution in [-0.2, 0) is 14.1 Å². The van der Waals surface area contributed by atoms with Gasteiger partial charge >= 0.3 is 11.3 Å². The molecule has 4 aromatic heterocycles. The van der Waals surface area contributed by atoms with Crippen LogP contribution in [0.5, 0.6) is 0 Å². The van der Waals surface area contributed by atoms with Crippen LogP contribution in [0.1, 0.15) is 0 Å². The molecule has 126 valence electrons. The zero-order valence-electron chi connectivity index (χ0n) is 14.6. The second kappa shape index (κ2) is 5.49. The van der Waals surface area contributed by atoms with Crippen molar-refractivity contribution in [2.24, 2.45) is 14.1 Å². The van der Waals surface area contributed by atoms with E-state index in [9.17, 15) is 0 Å². The number of pyridine rings is 2. The Hall–Kier alpha value is -3.54. The number of aromatic nitrogens is 6. The van der Waals surface area contributed by atoms with Gasteiger partial charge in [-0.1, -0.05) is 6.07 Å². The number of fused-ring (bicyclic) bond motifs is 2. The number of imidazole rings is 2. The quantitative estimate of drug-likeness (QED) is 0.461. The maximum atomic E-state index is 4.48. The first-order chi connectivity index (χ1) is 12.7. The fourth-order valence-corrected chi connectivity index (χ4v) is 3.48. The average molecular weight is 342 g/mol. The van der Waals surface area contributed by atoms with Gasteiger partial charge in [0.1, 0.15) is 23.8 Å². The first-order valence-electron chi connectivity index (χ1n) is 8.46. The van der Waals surface area contributed by atoms with Gasteiger partial charge in [-0.3, -0.25) is 0 Å². The highest BCUT2D eigenvalue weighted by molar-refractivity contribution is 5.72. The predicted octanol–water partition coefficient (Wildman–Crippen LogP) is 2.01. The number of benzene rings is 1. The molecule has 0 bridgehead atoms. The Bertz CT molecular complexity index is 1170. The van der Waals surface area contributed by atoms with Crippen molar-refractivity contribution in [1.82, 2.24) is 19.1 Å². The number of hydrogen-bond donors (Lipinski definition) is 0. The molecule has 6 heteroatoms. The van der Waals surface area contributed by atoms with E-state index in [4.69, 9.17) is 0 Å². The van der Waals surface area contributed by atoms with Crippen molar-refractivity contribution in [2.75, 3.05) is 0 Å². The van der Waals surface area contributed by atoms with Crippen molar-refractivity contribution in [1.29, 1.82) is 0 Å². The van der Waals surface area contributed by atoms with Gasteiger partial charge in [-0.25, -0.2) is 18.3 Å². The van der Waals surface area contributed by atoms with E-state index in [1.54, 1.807) is 0 Å². The van der Waals surface area contributed by atoms with Crippen LogP contribution >= 0.6 is 0 Å². The monoisotopic (exact) mass is 342 g/mol. The van der Waals surface area contributed by atoms with Crippen molar-refractivity contribution >= 4 is 22.3 Å². The number of hydrogen-bond acceptors (Lipinski definition) is 2.